The van der Waals surface area contributed by atoms with Crippen molar-refractivity contribution in [2.24, 2.45) is 34.0 Å². The first-order chi connectivity index (χ1) is 18.7. The molecule has 0 spiro atoms. The summed E-state index contributed by atoms with van der Waals surface area (Å²) in [4.78, 5) is 14.0. The Kier molecular flexibility index (Phi) is 6.54. The third-order valence-corrected chi connectivity index (χ3v) is 13.0. The molecule has 2 aliphatic heterocycles. The van der Waals surface area contributed by atoms with Gasteiger partial charge in [0.25, 0.3) is 0 Å². The lowest BCUT2D eigenvalue weighted by Gasteiger charge is -2.67. The Balaban J connectivity index is 1.40. The molecule has 4 aliphatic carbocycles. The van der Waals surface area contributed by atoms with Gasteiger partial charge >= 0.3 is 0 Å². The molecular weight excluding hydrogens is 520 g/mol. The molecule has 2 saturated heterocycles. The molecule has 7 heteroatoms. The van der Waals surface area contributed by atoms with Crippen molar-refractivity contribution in [3.63, 3.8) is 0 Å². The second-order valence-corrected chi connectivity index (χ2v) is 16.6. The highest BCUT2D eigenvalue weighted by Crippen LogP contribution is 2.74. The fourth-order valence-electron chi connectivity index (χ4n) is 10.9. The minimum Gasteiger partial charge on any atom is -0.392 e. The summed E-state index contributed by atoms with van der Waals surface area (Å²) in [6.45, 7) is 20.8. The third-order valence-electron chi connectivity index (χ3n) is 13.0. The van der Waals surface area contributed by atoms with Crippen LogP contribution >= 0.6 is 0 Å². The number of ketones is 1. The lowest BCUT2D eigenvalue weighted by atomic mass is 9.39. The largest absolute Gasteiger partial charge is 0.392 e. The van der Waals surface area contributed by atoms with Crippen LogP contribution in [0.3, 0.4) is 0 Å². The molecule has 0 amide bonds. The maximum Gasteiger partial charge on any atom is 0.164 e. The Bertz CT molecular complexity index is 1140. The van der Waals surface area contributed by atoms with Gasteiger partial charge in [0.05, 0.1) is 35.6 Å². The van der Waals surface area contributed by atoms with E-state index in [2.05, 4.69) is 41.5 Å². The predicted molar refractivity (Wildman–Crippen MR) is 155 cm³/mol. The number of rotatable bonds is 4. The number of fused-ring (bicyclic) bond motifs is 6. The summed E-state index contributed by atoms with van der Waals surface area (Å²) < 4.78 is 25.9. The fraction of sp³-hybridized carbons (Fsp3) is 0.912. The zero-order valence-corrected chi connectivity index (χ0v) is 27.0. The third kappa shape index (κ3) is 3.94. The van der Waals surface area contributed by atoms with Crippen molar-refractivity contribution in [1.82, 2.24) is 0 Å². The molecule has 0 aromatic heterocycles. The number of carbonyl (C=O) groups is 1. The summed E-state index contributed by atoms with van der Waals surface area (Å²) in [6.07, 6.45) is 5.39. The van der Waals surface area contributed by atoms with Gasteiger partial charge in [-0.1, -0.05) is 34.6 Å². The summed E-state index contributed by atoms with van der Waals surface area (Å²) in [6, 6.07) is 0. The van der Waals surface area contributed by atoms with Crippen LogP contribution in [-0.2, 0) is 23.7 Å². The number of aliphatic hydroxyl groups is 2. The molecule has 2 heterocycles. The molecule has 0 radical (unpaired) electrons. The molecule has 5 fully saturated rings. The van der Waals surface area contributed by atoms with Gasteiger partial charge in [0.1, 0.15) is 0 Å². The van der Waals surface area contributed by atoms with Crippen LogP contribution in [0.15, 0.2) is 11.6 Å². The summed E-state index contributed by atoms with van der Waals surface area (Å²) in [5.41, 5.74) is -3.20. The molecule has 11 atom stereocenters. The molecule has 3 saturated carbocycles. The van der Waals surface area contributed by atoms with Gasteiger partial charge in [0.15, 0.2) is 17.4 Å². The number of hydrogen-bond acceptors (Lipinski definition) is 7. The van der Waals surface area contributed by atoms with Crippen LogP contribution in [0.2, 0.25) is 0 Å². The van der Waals surface area contributed by atoms with Crippen molar-refractivity contribution in [2.45, 2.75) is 161 Å². The van der Waals surface area contributed by atoms with Crippen molar-refractivity contribution in [3.05, 3.63) is 11.6 Å². The van der Waals surface area contributed by atoms with Crippen LogP contribution in [0.1, 0.15) is 114 Å². The first kappa shape index (κ1) is 30.2. The first-order valence-corrected chi connectivity index (χ1v) is 16.1. The Morgan fingerprint density at radius 1 is 0.927 bits per heavy atom. The lowest BCUT2D eigenvalue weighted by molar-refractivity contribution is -0.219. The zero-order chi connectivity index (χ0) is 30.2. The number of aliphatic hydroxyl groups excluding tert-OH is 1. The van der Waals surface area contributed by atoms with Gasteiger partial charge in [-0.2, -0.15) is 0 Å². The molecule has 2 N–H and O–H groups in total. The second-order valence-electron chi connectivity index (χ2n) is 16.6. The molecule has 0 aromatic carbocycles. The smallest absolute Gasteiger partial charge is 0.164 e. The van der Waals surface area contributed by atoms with E-state index < -0.39 is 45.1 Å². The molecular formula is C34H54O7. The van der Waals surface area contributed by atoms with E-state index in [4.69, 9.17) is 18.9 Å². The molecule has 7 nitrogen and oxygen atoms in total. The maximum atomic E-state index is 14.0. The summed E-state index contributed by atoms with van der Waals surface area (Å²) in [5, 5.41) is 25.2. The van der Waals surface area contributed by atoms with Crippen LogP contribution in [0.4, 0.5) is 0 Å². The monoisotopic (exact) mass is 574 g/mol. The van der Waals surface area contributed by atoms with E-state index in [-0.39, 0.29) is 35.9 Å². The fourth-order valence-corrected chi connectivity index (χ4v) is 10.9. The van der Waals surface area contributed by atoms with Crippen LogP contribution in [0, 0.1) is 34.0 Å². The standard InChI is InChI=1S/C34H54O7/c1-19(2)11-12-27-33(10,41-29(5,6)40-27)24-13-14-34(37)25-16-21(35)20-15-22-23(39-28(3,4)38-22)17-30(20,7)32(25,9)26(36)18-31(24,34)8/h16,19-20,22-24,26-27,36-37H,11-15,17-18H2,1-10H3/t20-,22+,23-,24-,26+,27+,30-,31+,32-,33+,34+/m0/s1. The van der Waals surface area contributed by atoms with E-state index >= 15 is 0 Å². The average molecular weight is 575 g/mol. The van der Waals surface area contributed by atoms with E-state index in [0.717, 1.165) is 24.8 Å². The van der Waals surface area contributed by atoms with E-state index in [1.807, 2.05) is 27.7 Å². The molecule has 6 aliphatic rings. The van der Waals surface area contributed by atoms with E-state index in [0.29, 0.717) is 31.6 Å². The average Bonchev–Trinajstić information content (AvgIpc) is 3.37. The van der Waals surface area contributed by atoms with E-state index in [9.17, 15) is 15.0 Å². The van der Waals surface area contributed by atoms with Gasteiger partial charge in [-0.25, -0.2) is 0 Å². The number of hydrogen-bond donors (Lipinski definition) is 2. The van der Waals surface area contributed by atoms with Crippen LogP contribution < -0.4 is 0 Å². The van der Waals surface area contributed by atoms with Gasteiger partial charge in [0, 0.05) is 16.7 Å². The topological polar surface area (TPSA) is 94.5 Å². The van der Waals surface area contributed by atoms with E-state index in [1.165, 1.54) is 0 Å². The SMILES string of the molecule is CC(C)CC[C@H]1OC(C)(C)O[C@]1(C)[C@H]1CC[C@@]2(O)C3=CC(=O)[C@@H]4C[C@H]5OC(C)(C)O[C@H]5C[C@]4(C)[C@]3(C)[C@H](O)C[C@]12C. The predicted octanol–water partition coefficient (Wildman–Crippen LogP) is 5.70. The van der Waals surface area contributed by atoms with Crippen LogP contribution in [-0.4, -0.2) is 63.2 Å². The number of allylic oxidation sites excluding steroid dienone is 1. The maximum absolute atomic E-state index is 14.0. The van der Waals surface area contributed by atoms with Crippen molar-refractivity contribution >= 4 is 5.78 Å². The number of carbonyl (C=O) groups excluding carboxylic acids is 1. The Morgan fingerprint density at radius 3 is 2.24 bits per heavy atom. The summed E-state index contributed by atoms with van der Waals surface area (Å²) >= 11 is 0. The molecule has 232 valence electrons. The highest BCUT2D eigenvalue weighted by atomic mass is 16.8. The van der Waals surface area contributed by atoms with Crippen molar-refractivity contribution in [2.75, 3.05) is 0 Å². The van der Waals surface area contributed by atoms with Gasteiger partial charge in [0.2, 0.25) is 0 Å². The van der Waals surface area contributed by atoms with Crippen LogP contribution in [0.25, 0.3) is 0 Å². The van der Waals surface area contributed by atoms with Crippen LogP contribution in [0.5, 0.6) is 0 Å². The molecule has 0 unspecified atom stereocenters. The first-order valence-electron chi connectivity index (χ1n) is 16.1. The highest BCUT2D eigenvalue weighted by Gasteiger charge is 2.76. The molecule has 6 rings (SSSR count). The summed E-state index contributed by atoms with van der Waals surface area (Å²) in [7, 11) is 0. The van der Waals surface area contributed by atoms with Gasteiger partial charge in [-0.15, -0.1) is 0 Å². The Hall–Kier alpha value is -0.830. The van der Waals surface area contributed by atoms with Gasteiger partial charge in [-0.05, 0) is 108 Å². The minimum absolute atomic E-state index is 0.0441. The lowest BCUT2D eigenvalue weighted by Crippen LogP contribution is -2.70. The van der Waals surface area contributed by atoms with Gasteiger partial charge < -0.3 is 29.2 Å². The summed E-state index contributed by atoms with van der Waals surface area (Å²) in [5.74, 6) is -1.18. The van der Waals surface area contributed by atoms with Crippen molar-refractivity contribution in [1.29, 1.82) is 0 Å². The van der Waals surface area contributed by atoms with Crippen molar-refractivity contribution in [3.8, 4) is 0 Å². The zero-order valence-electron chi connectivity index (χ0n) is 27.0. The second kappa shape index (κ2) is 8.88. The normalized spacial score (nSPS) is 53.5. The van der Waals surface area contributed by atoms with E-state index in [1.54, 1.807) is 6.08 Å². The minimum atomic E-state index is -1.24. The molecule has 0 aromatic rings. The quantitative estimate of drug-likeness (QED) is 0.445. The molecule has 41 heavy (non-hydrogen) atoms. The molecule has 0 bridgehead atoms. The Morgan fingerprint density at radius 2 is 1.59 bits per heavy atom. The highest BCUT2D eigenvalue weighted by molar-refractivity contribution is 5.95. The Labute approximate surface area is 246 Å². The number of ether oxygens (including phenoxy) is 4. The van der Waals surface area contributed by atoms with Crippen molar-refractivity contribution < 1.29 is 34.0 Å². The van der Waals surface area contributed by atoms with Gasteiger partial charge in [-0.3, -0.25) is 4.79 Å².